The van der Waals surface area contributed by atoms with Crippen molar-refractivity contribution in [3.63, 3.8) is 0 Å². The Kier molecular flexibility index (Phi) is 5.30. The monoisotopic (exact) mass is 423 g/mol. The van der Waals surface area contributed by atoms with Crippen LogP contribution < -0.4 is 5.56 Å². The van der Waals surface area contributed by atoms with E-state index in [0.717, 1.165) is 5.56 Å². The van der Waals surface area contributed by atoms with Gasteiger partial charge in [-0.25, -0.2) is 4.98 Å². The normalized spacial score (nSPS) is 11.1. The van der Waals surface area contributed by atoms with Crippen LogP contribution in [0.3, 0.4) is 0 Å². The van der Waals surface area contributed by atoms with Crippen molar-refractivity contribution in [1.82, 2.24) is 14.1 Å². The van der Waals surface area contributed by atoms with Gasteiger partial charge in [0.1, 0.15) is 5.65 Å². The molecule has 0 bridgehead atoms. The molecule has 29 heavy (non-hydrogen) atoms. The van der Waals surface area contributed by atoms with E-state index in [2.05, 4.69) is 4.98 Å². The lowest BCUT2D eigenvalue weighted by Gasteiger charge is -2.09. The third-order valence-corrected chi connectivity index (χ3v) is 5.80. The maximum atomic E-state index is 12.6. The predicted molar refractivity (Wildman–Crippen MR) is 117 cm³/mol. The van der Waals surface area contributed by atoms with Crippen LogP contribution in [0.15, 0.2) is 70.7 Å². The zero-order valence-corrected chi connectivity index (χ0v) is 17.5. The van der Waals surface area contributed by atoms with Gasteiger partial charge in [-0.15, -0.1) is 0 Å². The van der Waals surface area contributed by atoms with Crippen molar-refractivity contribution in [3.05, 3.63) is 92.9 Å². The second kappa shape index (κ2) is 7.89. The molecule has 0 atom stereocenters. The van der Waals surface area contributed by atoms with E-state index in [1.54, 1.807) is 41.9 Å². The first-order chi connectivity index (χ1) is 14.0. The second-order valence-corrected chi connectivity index (χ2v) is 7.89. The van der Waals surface area contributed by atoms with Crippen LogP contribution in [0.1, 0.15) is 21.5 Å². The Bertz CT molecular complexity index is 1260. The Hall–Kier alpha value is -2.83. The third-order valence-electron chi connectivity index (χ3n) is 4.82. The van der Waals surface area contributed by atoms with Crippen LogP contribution >= 0.6 is 23.4 Å². The Morgan fingerprint density at radius 3 is 2.28 bits per heavy atom. The summed E-state index contributed by atoms with van der Waals surface area (Å²) in [5, 5.41) is 1.87. The molecule has 0 amide bonds. The van der Waals surface area contributed by atoms with E-state index in [-0.39, 0.29) is 11.3 Å². The molecule has 0 aliphatic carbocycles. The molecule has 0 saturated carbocycles. The number of fused-ring (bicyclic) bond motifs is 1. The van der Waals surface area contributed by atoms with Gasteiger partial charge in [-0.1, -0.05) is 47.6 Å². The molecule has 146 valence electrons. The van der Waals surface area contributed by atoms with Crippen LogP contribution in [0.25, 0.3) is 11.0 Å². The van der Waals surface area contributed by atoms with Crippen molar-refractivity contribution >= 4 is 40.2 Å². The number of nitrogens with zero attached hydrogens (tertiary/aromatic N) is 3. The van der Waals surface area contributed by atoms with E-state index >= 15 is 0 Å². The molecule has 2 aromatic carbocycles. The summed E-state index contributed by atoms with van der Waals surface area (Å²) in [5.74, 6) is -0.0468. The first-order valence-corrected chi connectivity index (χ1v) is 10.6. The minimum atomic E-state index is -0.0537. The highest BCUT2D eigenvalue weighted by atomic mass is 35.5. The molecule has 0 N–H and O–H groups in total. The Labute approximate surface area is 177 Å². The van der Waals surface area contributed by atoms with Crippen LogP contribution in [-0.2, 0) is 13.6 Å². The van der Waals surface area contributed by atoms with Gasteiger partial charge in [0.25, 0.3) is 5.56 Å². The lowest BCUT2D eigenvalue weighted by molar-refractivity contribution is 0.103. The summed E-state index contributed by atoms with van der Waals surface area (Å²) in [5.41, 5.74) is 2.84. The van der Waals surface area contributed by atoms with Crippen molar-refractivity contribution < 1.29 is 4.79 Å². The quantitative estimate of drug-likeness (QED) is 0.271. The average Bonchev–Trinajstić information content (AvgIpc) is 3.14. The Morgan fingerprint density at radius 2 is 1.66 bits per heavy atom. The number of ketones is 1. The van der Waals surface area contributed by atoms with Crippen molar-refractivity contribution in [2.45, 2.75) is 11.7 Å². The minimum Gasteiger partial charge on any atom is -0.328 e. The molecule has 4 rings (SSSR count). The molecule has 0 saturated heterocycles. The first-order valence-electron chi connectivity index (χ1n) is 8.97. The van der Waals surface area contributed by atoms with Gasteiger partial charge in [0, 0.05) is 35.9 Å². The number of thioether (sulfide) groups is 1. The van der Waals surface area contributed by atoms with Crippen molar-refractivity contribution in [2.75, 3.05) is 6.26 Å². The molecule has 0 unspecified atom stereocenters. The number of hydrogen-bond donors (Lipinski definition) is 0. The fourth-order valence-electron chi connectivity index (χ4n) is 3.23. The van der Waals surface area contributed by atoms with Crippen molar-refractivity contribution in [3.8, 4) is 0 Å². The molecule has 5 nitrogen and oxygen atoms in total. The largest absolute Gasteiger partial charge is 0.328 e. The van der Waals surface area contributed by atoms with Gasteiger partial charge in [0.15, 0.2) is 10.9 Å². The molecular weight excluding hydrogens is 406 g/mol. The lowest BCUT2D eigenvalue weighted by atomic mass is 10.0. The lowest BCUT2D eigenvalue weighted by Crippen LogP contribution is -2.20. The van der Waals surface area contributed by atoms with Gasteiger partial charge in [-0.3, -0.25) is 14.2 Å². The predicted octanol–water partition coefficient (Wildman–Crippen LogP) is 4.39. The molecule has 0 radical (unpaired) electrons. The topological polar surface area (TPSA) is 56.9 Å². The van der Waals surface area contributed by atoms with E-state index in [1.165, 1.54) is 11.8 Å². The molecule has 2 aromatic heterocycles. The molecule has 2 heterocycles. The van der Waals surface area contributed by atoms with Gasteiger partial charge < -0.3 is 4.57 Å². The summed E-state index contributed by atoms with van der Waals surface area (Å²) in [4.78, 5) is 29.7. The van der Waals surface area contributed by atoms with Crippen LogP contribution in [0.4, 0.5) is 0 Å². The van der Waals surface area contributed by atoms with Crippen LogP contribution in [0, 0.1) is 0 Å². The summed E-state index contributed by atoms with van der Waals surface area (Å²) in [6.07, 6.45) is 3.77. The van der Waals surface area contributed by atoms with E-state index < -0.39 is 0 Å². The molecule has 0 spiro atoms. The van der Waals surface area contributed by atoms with E-state index in [4.69, 9.17) is 11.6 Å². The van der Waals surface area contributed by atoms with E-state index in [0.29, 0.717) is 38.9 Å². The second-order valence-electron chi connectivity index (χ2n) is 6.68. The third kappa shape index (κ3) is 3.73. The summed E-state index contributed by atoms with van der Waals surface area (Å²) in [6.45, 7) is 0.562. The minimum absolute atomic E-state index is 0.0468. The number of hydrogen-bond acceptors (Lipinski definition) is 4. The van der Waals surface area contributed by atoms with E-state index in [1.807, 2.05) is 41.3 Å². The fraction of sp³-hybridized carbons (Fsp3) is 0.136. The zero-order valence-electron chi connectivity index (χ0n) is 15.9. The van der Waals surface area contributed by atoms with Gasteiger partial charge in [-0.05, 0) is 42.2 Å². The van der Waals surface area contributed by atoms with Crippen LogP contribution in [-0.4, -0.2) is 26.2 Å². The highest BCUT2D eigenvalue weighted by Gasteiger charge is 2.13. The van der Waals surface area contributed by atoms with E-state index in [9.17, 15) is 9.59 Å². The van der Waals surface area contributed by atoms with Crippen LogP contribution in [0.5, 0.6) is 0 Å². The molecule has 7 heteroatoms. The van der Waals surface area contributed by atoms with Crippen molar-refractivity contribution in [1.29, 1.82) is 0 Å². The summed E-state index contributed by atoms with van der Waals surface area (Å²) < 4.78 is 3.51. The Balaban J connectivity index is 1.61. The molecule has 0 aliphatic heterocycles. The standard InChI is InChI=1S/C22H18ClN3O2S/c1-25-21(28)18-11-12-26(20(18)24-22(25)29-2)13-14-3-5-15(6-4-14)19(27)16-7-9-17(23)10-8-16/h3-12H,13H2,1-2H3. The Morgan fingerprint density at radius 1 is 1.03 bits per heavy atom. The smallest absolute Gasteiger partial charge is 0.263 e. The molecular formula is C22H18ClN3O2S. The summed E-state index contributed by atoms with van der Waals surface area (Å²) in [6, 6.07) is 16.1. The van der Waals surface area contributed by atoms with Crippen LogP contribution in [0.2, 0.25) is 5.02 Å². The number of benzene rings is 2. The summed E-state index contributed by atoms with van der Waals surface area (Å²) >= 11 is 7.33. The maximum absolute atomic E-state index is 12.6. The number of carbonyl (C=O) groups excluding carboxylic acids is 1. The molecule has 0 fully saturated rings. The molecule has 4 aromatic rings. The number of carbonyl (C=O) groups is 1. The highest BCUT2D eigenvalue weighted by Crippen LogP contribution is 2.18. The maximum Gasteiger partial charge on any atom is 0.263 e. The summed E-state index contributed by atoms with van der Waals surface area (Å²) in [7, 11) is 1.73. The van der Waals surface area contributed by atoms with Gasteiger partial charge >= 0.3 is 0 Å². The van der Waals surface area contributed by atoms with Gasteiger partial charge in [0.2, 0.25) is 0 Å². The molecule has 0 aliphatic rings. The number of halogens is 1. The average molecular weight is 424 g/mol. The SMILES string of the molecule is CSc1nc2c(ccn2Cc2ccc(C(=O)c3ccc(Cl)cc3)cc2)c(=O)n1C. The zero-order chi connectivity index (χ0) is 20.5. The number of rotatable bonds is 5. The fourth-order valence-corrected chi connectivity index (χ4v) is 3.89. The number of aromatic nitrogens is 3. The highest BCUT2D eigenvalue weighted by molar-refractivity contribution is 7.98. The van der Waals surface area contributed by atoms with Gasteiger partial charge in [-0.2, -0.15) is 0 Å². The first kappa shape index (κ1) is 19.5. The van der Waals surface area contributed by atoms with Gasteiger partial charge in [0.05, 0.1) is 5.39 Å². The van der Waals surface area contributed by atoms with Crippen molar-refractivity contribution in [2.24, 2.45) is 7.05 Å².